The third kappa shape index (κ3) is 3.17. The van der Waals surface area contributed by atoms with Crippen molar-refractivity contribution in [3.05, 3.63) is 47.6 Å². The number of hydrogen-bond acceptors (Lipinski definition) is 5. The molecular formula is C15H13N3O2S. The number of hydrogen-bond donors (Lipinski definition) is 1. The number of thiophene rings is 1. The van der Waals surface area contributed by atoms with Crippen molar-refractivity contribution in [3.8, 4) is 5.88 Å². The van der Waals surface area contributed by atoms with Crippen LogP contribution in [-0.2, 0) is 4.79 Å². The number of nitrogens with one attached hydrogen (secondary N) is 1. The van der Waals surface area contributed by atoms with Gasteiger partial charge in [0.1, 0.15) is 11.2 Å². The van der Waals surface area contributed by atoms with Crippen molar-refractivity contribution in [2.45, 2.75) is 6.92 Å². The molecule has 0 unspecified atom stereocenters. The number of fused-ring (bicyclic) bond motifs is 1. The van der Waals surface area contributed by atoms with E-state index in [4.69, 9.17) is 4.74 Å². The molecule has 0 aliphatic carbocycles. The third-order valence-corrected chi connectivity index (χ3v) is 3.69. The summed E-state index contributed by atoms with van der Waals surface area (Å²) in [6, 6.07) is 9.49. The number of aryl methyl sites for hydroxylation is 1. The number of benzene rings is 1. The average Bonchev–Trinajstić information content (AvgIpc) is 2.94. The van der Waals surface area contributed by atoms with E-state index in [1.165, 1.54) is 17.7 Å². The van der Waals surface area contributed by atoms with Crippen molar-refractivity contribution >= 4 is 33.1 Å². The summed E-state index contributed by atoms with van der Waals surface area (Å²) in [6.07, 6.45) is 1.44. The molecule has 0 saturated heterocycles. The van der Waals surface area contributed by atoms with Gasteiger partial charge in [0.25, 0.3) is 5.91 Å². The number of ether oxygens (including phenoxy) is 1. The Bertz CT molecular complexity index is 785. The van der Waals surface area contributed by atoms with Crippen molar-refractivity contribution < 1.29 is 9.53 Å². The molecule has 0 saturated carbocycles. The summed E-state index contributed by atoms with van der Waals surface area (Å²) < 4.78 is 5.49. The molecule has 1 N–H and O–H groups in total. The van der Waals surface area contributed by atoms with E-state index in [9.17, 15) is 4.79 Å². The molecule has 0 atom stereocenters. The minimum atomic E-state index is -0.220. The minimum Gasteiger partial charge on any atom is -0.467 e. The summed E-state index contributed by atoms with van der Waals surface area (Å²) in [4.78, 5) is 20.9. The van der Waals surface area contributed by atoms with Crippen LogP contribution in [0.25, 0.3) is 10.2 Å². The monoisotopic (exact) mass is 299 g/mol. The number of nitrogens with zero attached hydrogens (tertiary/aromatic N) is 2. The molecule has 0 bridgehead atoms. The van der Waals surface area contributed by atoms with Crippen LogP contribution in [0.1, 0.15) is 5.56 Å². The molecule has 5 nitrogen and oxygen atoms in total. The van der Waals surface area contributed by atoms with E-state index < -0.39 is 0 Å². The van der Waals surface area contributed by atoms with Gasteiger partial charge in [-0.25, -0.2) is 9.97 Å². The molecule has 3 rings (SSSR count). The van der Waals surface area contributed by atoms with Gasteiger partial charge in [-0.3, -0.25) is 4.79 Å². The summed E-state index contributed by atoms with van der Waals surface area (Å²) in [5.74, 6) is 0.211. The Morgan fingerprint density at radius 3 is 3.10 bits per heavy atom. The van der Waals surface area contributed by atoms with Gasteiger partial charge in [-0.05, 0) is 36.1 Å². The van der Waals surface area contributed by atoms with E-state index in [1.54, 1.807) is 0 Å². The molecule has 0 radical (unpaired) electrons. The molecule has 2 heterocycles. The van der Waals surface area contributed by atoms with Crippen LogP contribution < -0.4 is 10.1 Å². The Morgan fingerprint density at radius 1 is 1.33 bits per heavy atom. The molecule has 3 aromatic rings. The van der Waals surface area contributed by atoms with E-state index in [0.29, 0.717) is 5.88 Å². The van der Waals surface area contributed by atoms with Crippen molar-refractivity contribution in [2.75, 3.05) is 11.9 Å². The zero-order valence-electron chi connectivity index (χ0n) is 11.4. The Kier molecular flexibility index (Phi) is 3.79. The standard InChI is InChI=1S/C15H13N3O2S/c1-10-3-2-4-11(7-10)18-13(19)8-20-14-12-5-6-21-15(12)17-9-16-14/h2-7,9H,8H2,1H3,(H,18,19). The predicted octanol–water partition coefficient (Wildman–Crippen LogP) is 3.02. The first kappa shape index (κ1) is 13.5. The van der Waals surface area contributed by atoms with Crippen molar-refractivity contribution in [3.63, 3.8) is 0 Å². The Balaban J connectivity index is 1.65. The molecule has 0 aliphatic rings. The smallest absolute Gasteiger partial charge is 0.262 e. The first-order valence-corrected chi connectivity index (χ1v) is 7.28. The van der Waals surface area contributed by atoms with Gasteiger partial charge >= 0.3 is 0 Å². The lowest BCUT2D eigenvalue weighted by Crippen LogP contribution is -2.20. The highest BCUT2D eigenvalue weighted by Gasteiger charge is 2.09. The number of amides is 1. The van der Waals surface area contributed by atoms with Crippen molar-refractivity contribution in [1.82, 2.24) is 9.97 Å². The van der Waals surface area contributed by atoms with E-state index in [0.717, 1.165) is 21.5 Å². The van der Waals surface area contributed by atoms with Gasteiger partial charge in [0, 0.05) is 5.69 Å². The van der Waals surface area contributed by atoms with Crippen LogP contribution >= 0.6 is 11.3 Å². The quantitative estimate of drug-likeness (QED) is 0.804. The van der Waals surface area contributed by atoms with Crippen LogP contribution in [0.4, 0.5) is 5.69 Å². The Hall–Kier alpha value is -2.47. The number of rotatable bonds is 4. The molecule has 1 amide bonds. The molecule has 21 heavy (non-hydrogen) atoms. The fraction of sp³-hybridized carbons (Fsp3) is 0.133. The number of carbonyl (C=O) groups is 1. The van der Waals surface area contributed by atoms with Gasteiger partial charge in [0.15, 0.2) is 6.61 Å². The first-order valence-electron chi connectivity index (χ1n) is 6.40. The molecule has 0 spiro atoms. The number of anilines is 1. The van der Waals surface area contributed by atoms with Gasteiger partial charge in [-0.1, -0.05) is 12.1 Å². The summed E-state index contributed by atoms with van der Waals surface area (Å²) in [5, 5.41) is 5.53. The molecule has 0 aliphatic heterocycles. The Morgan fingerprint density at radius 2 is 2.24 bits per heavy atom. The van der Waals surface area contributed by atoms with E-state index in [-0.39, 0.29) is 12.5 Å². The topological polar surface area (TPSA) is 64.1 Å². The van der Waals surface area contributed by atoms with E-state index >= 15 is 0 Å². The van der Waals surface area contributed by atoms with Crippen molar-refractivity contribution in [2.24, 2.45) is 0 Å². The van der Waals surface area contributed by atoms with Crippen LogP contribution in [0, 0.1) is 6.92 Å². The molecule has 1 aromatic carbocycles. The van der Waals surface area contributed by atoms with Crippen LogP contribution in [0.3, 0.4) is 0 Å². The molecule has 2 aromatic heterocycles. The lowest BCUT2D eigenvalue weighted by molar-refractivity contribution is -0.118. The van der Waals surface area contributed by atoms with Crippen LogP contribution in [0.5, 0.6) is 5.88 Å². The normalized spacial score (nSPS) is 10.5. The van der Waals surface area contributed by atoms with Gasteiger partial charge in [-0.15, -0.1) is 11.3 Å². The highest BCUT2D eigenvalue weighted by Crippen LogP contribution is 2.25. The minimum absolute atomic E-state index is 0.0874. The van der Waals surface area contributed by atoms with Crippen LogP contribution in [-0.4, -0.2) is 22.5 Å². The fourth-order valence-corrected chi connectivity index (χ4v) is 2.66. The maximum absolute atomic E-state index is 11.9. The lowest BCUT2D eigenvalue weighted by atomic mass is 10.2. The predicted molar refractivity (Wildman–Crippen MR) is 82.7 cm³/mol. The van der Waals surface area contributed by atoms with E-state index in [2.05, 4.69) is 15.3 Å². The van der Waals surface area contributed by atoms with E-state index in [1.807, 2.05) is 42.6 Å². The van der Waals surface area contributed by atoms with Gasteiger partial charge in [0.2, 0.25) is 5.88 Å². The highest BCUT2D eigenvalue weighted by atomic mass is 32.1. The second kappa shape index (κ2) is 5.88. The van der Waals surface area contributed by atoms with Crippen LogP contribution in [0.2, 0.25) is 0 Å². The largest absolute Gasteiger partial charge is 0.467 e. The maximum atomic E-state index is 11.9. The average molecular weight is 299 g/mol. The molecular weight excluding hydrogens is 286 g/mol. The Labute approximate surface area is 125 Å². The van der Waals surface area contributed by atoms with Gasteiger partial charge in [0.05, 0.1) is 5.39 Å². The summed E-state index contributed by atoms with van der Waals surface area (Å²) >= 11 is 1.51. The first-order chi connectivity index (χ1) is 10.2. The van der Waals surface area contributed by atoms with Crippen molar-refractivity contribution in [1.29, 1.82) is 0 Å². The fourth-order valence-electron chi connectivity index (χ4n) is 1.94. The second-order valence-electron chi connectivity index (χ2n) is 4.52. The third-order valence-electron chi connectivity index (χ3n) is 2.87. The number of aromatic nitrogens is 2. The molecule has 6 heteroatoms. The van der Waals surface area contributed by atoms with Gasteiger partial charge in [-0.2, -0.15) is 0 Å². The number of carbonyl (C=O) groups excluding carboxylic acids is 1. The SMILES string of the molecule is Cc1cccc(NC(=O)COc2ncnc3sccc23)c1. The summed E-state index contributed by atoms with van der Waals surface area (Å²) in [6.45, 7) is 1.89. The maximum Gasteiger partial charge on any atom is 0.262 e. The zero-order chi connectivity index (χ0) is 14.7. The highest BCUT2D eigenvalue weighted by molar-refractivity contribution is 7.16. The summed E-state index contributed by atoms with van der Waals surface area (Å²) in [7, 11) is 0. The lowest BCUT2D eigenvalue weighted by Gasteiger charge is -2.07. The zero-order valence-corrected chi connectivity index (χ0v) is 12.2. The second-order valence-corrected chi connectivity index (χ2v) is 5.42. The molecule has 0 fully saturated rings. The molecule has 106 valence electrons. The summed E-state index contributed by atoms with van der Waals surface area (Å²) in [5.41, 5.74) is 1.84. The van der Waals surface area contributed by atoms with Crippen LogP contribution in [0.15, 0.2) is 42.0 Å². The van der Waals surface area contributed by atoms with Gasteiger partial charge < -0.3 is 10.1 Å².